The normalized spacial score (nSPS) is 16.4. The Hall–Kier alpha value is -0.120. The predicted molar refractivity (Wildman–Crippen MR) is 64.2 cm³/mol. The van der Waals surface area contributed by atoms with Crippen LogP contribution < -0.4 is 5.32 Å². The van der Waals surface area contributed by atoms with Crippen molar-refractivity contribution in [2.24, 2.45) is 5.41 Å². The minimum Gasteiger partial charge on any atom is -0.385 e. The summed E-state index contributed by atoms with van der Waals surface area (Å²) < 4.78 is 10.7. The molecule has 2 unspecified atom stereocenters. The first-order valence-electron chi connectivity index (χ1n) is 5.66. The van der Waals surface area contributed by atoms with Crippen LogP contribution in [0.1, 0.15) is 33.6 Å². The van der Waals surface area contributed by atoms with Gasteiger partial charge in [-0.05, 0) is 25.3 Å². The summed E-state index contributed by atoms with van der Waals surface area (Å²) in [6.07, 6.45) is 2.39. The highest BCUT2D eigenvalue weighted by atomic mass is 16.5. The lowest BCUT2D eigenvalue weighted by molar-refractivity contribution is -0.0130. The van der Waals surface area contributed by atoms with Gasteiger partial charge in [0.1, 0.15) is 0 Å². The minimum atomic E-state index is 0.162. The van der Waals surface area contributed by atoms with E-state index in [-0.39, 0.29) is 11.5 Å². The number of methoxy groups -OCH3 is 2. The van der Waals surface area contributed by atoms with Gasteiger partial charge < -0.3 is 14.8 Å². The first kappa shape index (κ1) is 14.9. The van der Waals surface area contributed by atoms with Gasteiger partial charge in [0.2, 0.25) is 0 Å². The molecule has 0 saturated heterocycles. The third-order valence-corrected chi connectivity index (χ3v) is 2.71. The Morgan fingerprint density at radius 1 is 1.20 bits per heavy atom. The molecule has 1 N–H and O–H groups in total. The van der Waals surface area contributed by atoms with Crippen LogP contribution >= 0.6 is 0 Å². The largest absolute Gasteiger partial charge is 0.385 e. The molecule has 0 bridgehead atoms. The fourth-order valence-electron chi connectivity index (χ4n) is 2.02. The summed E-state index contributed by atoms with van der Waals surface area (Å²) in [5.74, 6) is 0. The van der Waals surface area contributed by atoms with E-state index in [1.165, 1.54) is 0 Å². The second-order valence-electron chi connectivity index (χ2n) is 5.05. The molecule has 0 amide bonds. The lowest BCUT2D eigenvalue weighted by Crippen LogP contribution is -2.46. The maximum absolute atomic E-state index is 5.60. The van der Waals surface area contributed by atoms with Gasteiger partial charge in [-0.15, -0.1) is 0 Å². The van der Waals surface area contributed by atoms with Crippen molar-refractivity contribution in [1.82, 2.24) is 5.32 Å². The van der Waals surface area contributed by atoms with Crippen LogP contribution in [0.25, 0.3) is 0 Å². The fraction of sp³-hybridized carbons (Fsp3) is 1.00. The summed E-state index contributed by atoms with van der Waals surface area (Å²) >= 11 is 0. The Balaban J connectivity index is 4.22. The van der Waals surface area contributed by atoms with Crippen LogP contribution in [0.4, 0.5) is 0 Å². The number of hydrogen-bond acceptors (Lipinski definition) is 3. The first-order chi connectivity index (χ1) is 6.97. The van der Waals surface area contributed by atoms with E-state index in [0.29, 0.717) is 6.04 Å². The molecule has 0 spiro atoms. The molecule has 3 heteroatoms. The lowest BCUT2D eigenvalue weighted by Gasteiger charge is -2.36. The van der Waals surface area contributed by atoms with Crippen LogP contribution in [0, 0.1) is 5.41 Å². The molecule has 2 atom stereocenters. The molecule has 15 heavy (non-hydrogen) atoms. The Bertz CT molecular complexity index is 154. The van der Waals surface area contributed by atoms with Gasteiger partial charge >= 0.3 is 0 Å². The molecule has 0 saturated carbocycles. The zero-order valence-corrected chi connectivity index (χ0v) is 11.1. The number of ether oxygens (including phenoxy) is 2. The van der Waals surface area contributed by atoms with E-state index in [1.54, 1.807) is 14.2 Å². The molecule has 0 fully saturated rings. The maximum Gasteiger partial charge on any atom is 0.0772 e. The number of likely N-dealkylation sites (N-methyl/N-ethyl adjacent to an activating group) is 1. The molecule has 3 nitrogen and oxygen atoms in total. The van der Waals surface area contributed by atoms with Crippen LogP contribution in [0.2, 0.25) is 0 Å². The molecule has 0 aromatic heterocycles. The van der Waals surface area contributed by atoms with E-state index in [9.17, 15) is 0 Å². The van der Waals surface area contributed by atoms with E-state index in [2.05, 4.69) is 26.1 Å². The lowest BCUT2D eigenvalue weighted by atomic mass is 9.83. The molecule has 0 heterocycles. The van der Waals surface area contributed by atoms with E-state index in [0.717, 1.165) is 19.4 Å². The van der Waals surface area contributed by atoms with Gasteiger partial charge in [-0.2, -0.15) is 0 Å². The molecule has 92 valence electrons. The third-order valence-electron chi connectivity index (χ3n) is 2.71. The third kappa shape index (κ3) is 5.50. The fourth-order valence-corrected chi connectivity index (χ4v) is 2.02. The first-order valence-corrected chi connectivity index (χ1v) is 5.66. The summed E-state index contributed by atoms with van der Waals surface area (Å²) in [7, 11) is 5.53. The second-order valence-corrected chi connectivity index (χ2v) is 5.05. The molecule has 0 aromatic rings. The summed E-state index contributed by atoms with van der Waals surface area (Å²) in [5, 5.41) is 3.34. The summed E-state index contributed by atoms with van der Waals surface area (Å²) in [6.45, 7) is 7.45. The van der Waals surface area contributed by atoms with Crippen molar-refractivity contribution in [3.63, 3.8) is 0 Å². The molecule has 0 rings (SSSR count). The Kier molecular flexibility index (Phi) is 7.14. The van der Waals surface area contributed by atoms with Gasteiger partial charge in [0.05, 0.1) is 6.10 Å². The number of nitrogens with one attached hydrogen (secondary N) is 1. The van der Waals surface area contributed by atoms with Crippen molar-refractivity contribution in [3.8, 4) is 0 Å². The smallest absolute Gasteiger partial charge is 0.0772 e. The average Bonchev–Trinajstić information content (AvgIpc) is 2.14. The number of rotatable bonds is 7. The van der Waals surface area contributed by atoms with Crippen LogP contribution in [-0.4, -0.2) is 40.0 Å². The highest BCUT2D eigenvalue weighted by Crippen LogP contribution is 2.26. The van der Waals surface area contributed by atoms with E-state index in [4.69, 9.17) is 9.47 Å². The quantitative estimate of drug-likeness (QED) is 0.662. The molecule has 0 aliphatic heterocycles. The molecular weight excluding hydrogens is 190 g/mol. The zero-order valence-electron chi connectivity index (χ0n) is 11.1. The highest BCUT2D eigenvalue weighted by Gasteiger charge is 2.30. The van der Waals surface area contributed by atoms with Crippen molar-refractivity contribution >= 4 is 0 Å². The standard InChI is InChI=1S/C12H27NO2/c1-12(2,3)11(15-6)10(13-4)8-7-9-14-5/h10-11,13H,7-9H2,1-6H3. The van der Waals surface area contributed by atoms with Crippen LogP contribution in [0.3, 0.4) is 0 Å². The van der Waals surface area contributed by atoms with Gasteiger partial charge in [0, 0.05) is 26.9 Å². The second kappa shape index (κ2) is 7.20. The molecule has 0 aromatic carbocycles. The van der Waals surface area contributed by atoms with Gasteiger partial charge in [0.25, 0.3) is 0 Å². The van der Waals surface area contributed by atoms with Gasteiger partial charge in [-0.25, -0.2) is 0 Å². The van der Waals surface area contributed by atoms with Crippen LogP contribution in [0.5, 0.6) is 0 Å². The van der Waals surface area contributed by atoms with E-state index in [1.807, 2.05) is 7.05 Å². The van der Waals surface area contributed by atoms with E-state index < -0.39 is 0 Å². The van der Waals surface area contributed by atoms with Crippen molar-refractivity contribution in [1.29, 1.82) is 0 Å². The van der Waals surface area contributed by atoms with Crippen molar-refractivity contribution < 1.29 is 9.47 Å². The Labute approximate surface area is 94.5 Å². The molecule has 0 radical (unpaired) electrons. The Morgan fingerprint density at radius 3 is 2.13 bits per heavy atom. The number of hydrogen-bond donors (Lipinski definition) is 1. The van der Waals surface area contributed by atoms with Crippen LogP contribution in [0.15, 0.2) is 0 Å². The maximum atomic E-state index is 5.60. The molecule has 0 aliphatic carbocycles. The van der Waals surface area contributed by atoms with Crippen molar-refractivity contribution in [3.05, 3.63) is 0 Å². The van der Waals surface area contributed by atoms with Gasteiger partial charge in [0.15, 0.2) is 0 Å². The minimum absolute atomic E-state index is 0.162. The molecular formula is C12H27NO2. The summed E-state index contributed by atoms with van der Waals surface area (Å²) in [6, 6.07) is 0.394. The van der Waals surface area contributed by atoms with Crippen LogP contribution in [-0.2, 0) is 9.47 Å². The van der Waals surface area contributed by atoms with Crippen molar-refractivity contribution in [2.45, 2.75) is 45.8 Å². The van der Waals surface area contributed by atoms with Gasteiger partial charge in [-0.1, -0.05) is 20.8 Å². The highest BCUT2D eigenvalue weighted by molar-refractivity contribution is 4.85. The average molecular weight is 217 g/mol. The molecule has 0 aliphatic rings. The SMILES string of the molecule is CNC(CCCOC)C(OC)C(C)(C)C. The summed E-state index contributed by atoms with van der Waals surface area (Å²) in [4.78, 5) is 0. The topological polar surface area (TPSA) is 30.5 Å². The monoisotopic (exact) mass is 217 g/mol. The summed E-state index contributed by atoms with van der Waals surface area (Å²) in [5.41, 5.74) is 0.162. The van der Waals surface area contributed by atoms with Gasteiger partial charge in [-0.3, -0.25) is 0 Å². The van der Waals surface area contributed by atoms with E-state index >= 15 is 0 Å². The zero-order chi connectivity index (χ0) is 11.9. The predicted octanol–water partition coefficient (Wildman–Crippen LogP) is 2.06. The Morgan fingerprint density at radius 2 is 1.80 bits per heavy atom. The van der Waals surface area contributed by atoms with Crippen molar-refractivity contribution in [2.75, 3.05) is 27.9 Å².